The predicted octanol–water partition coefficient (Wildman–Crippen LogP) is 4.14. The van der Waals surface area contributed by atoms with Crippen LogP contribution in [-0.2, 0) is 0 Å². The van der Waals surface area contributed by atoms with Crippen LogP contribution in [0.3, 0.4) is 0 Å². The van der Waals surface area contributed by atoms with Crippen molar-refractivity contribution in [3.05, 3.63) is 69.7 Å². The molecule has 0 aliphatic rings. The zero-order valence-electron chi connectivity index (χ0n) is 14.6. The summed E-state index contributed by atoms with van der Waals surface area (Å²) in [6, 6.07) is 13.1. The first-order valence-corrected chi connectivity index (χ1v) is 9.29. The molecule has 2 aromatic carbocycles. The van der Waals surface area contributed by atoms with Crippen LogP contribution in [0.2, 0.25) is 0 Å². The van der Waals surface area contributed by atoms with Crippen LogP contribution in [0.5, 0.6) is 5.75 Å². The maximum absolute atomic E-state index is 13.4. The van der Waals surface area contributed by atoms with Crippen LogP contribution in [0.1, 0.15) is 5.69 Å². The minimum Gasteiger partial charge on any atom is -0.505 e. The summed E-state index contributed by atoms with van der Waals surface area (Å²) in [7, 11) is 0. The largest absolute Gasteiger partial charge is 0.505 e. The quantitative estimate of drug-likeness (QED) is 0.473. The highest BCUT2D eigenvalue weighted by Crippen LogP contribution is 2.33. The molecule has 0 aliphatic carbocycles. The number of aromatic nitrogens is 4. The Hall–Kier alpha value is -3.52. The highest BCUT2D eigenvalue weighted by atomic mass is 32.1. The summed E-state index contributed by atoms with van der Waals surface area (Å²) in [4.78, 5) is 23.5. The monoisotopic (exact) mass is 392 g/mol. The highest BCUT2D eigenvalue weighted by molar-refractivity contribution is 7.16. The van der Waals surface area contributed by atoms with Gasteiger partial charge >= 0.3 is 4.87 Å². The Morgan fingerprint density at radius 1 is 1.11 bits per heavy atom. The molecule has 28 heavy (non-hydrogen) atoms. The molecular weight excluding hydrogens is 379 g/mol. The molecule has 138 valence electrons. The fourth-order valence-electron chi connectivity index (χ4n) is 3.26. The number of aryl methyl sites for hydroxylation is 1. The Balaban J connectivity index is 1.87. The van der Waals surface area contributed by atoms with E-state index in [0.29, 0.717) is 28.2 Å². The maximum Gasteiger partial charge on any atom is 0.305 e. The molecule has 0 saturated carbocycles. The van der Waals surface area contributed by atoms with Crippen LogP contribution in [0.25, 0.3) is 38.5 Å². The second-order valence-corrected chi connectivity index (χ2v) is 7.44. The molecule has 0 spiro atoms. The Labute approximate surface area is 161 Å². The van der Waals surface area contributed by atoms with Crippen LogP contribution in [0, 0.1) is 12.7 Å². The van der Waals surface area contributed by atoms with Gasteiger partial charge in [0, 0.05) is 17.3 Å². The van der Waals surface area contributed by atoms with E-state index in [1.54, 1.807) is 29.7 Å². The van der Waals surface area contributed by atoms with Gasteiger partial charge < -0.3 is 10.1 Å². The molecule has 0 atom stereocenters. The van der Waals surface area contributed by atoms with Gasteiger partial charge in [0.2, 0.25) is 0 Å². The molecule has 5 aromatic rings. The molecule has 0 radical (unpaired) electrons. The Morgan fingerprint density at radius 3 is 2.68 bits per heavy atom. The number of hydrogen-bond donors (Lipinski definition) is 2. The second kappa shape index (κ2) is 6.00. The topological polar surface area (TPSA) is 83.8 Å². The van der Waals surface area contributed by atoms with Gasteiger partial charge in [0.05, 0.1) is 15.9 Å². The highest BCUT2D eigenvalue weighted by Gasteiger charge is 2.19. The molecule has 3 aromatic heterocycles. The minimum atomic E-state index is -0.346. The summed E-state index contributed by atoms with van der Waals surface area (Å²) in [5.74, 6) is 0.198. The number of aromatic hydroxyl groups is 1. The van der Waals surface area contributed by atoms with Gasteiger partial charge in [0.25, 0.3) is 0 Å². The number of thiazole rings is 1. The Morgan fingerprint density at radius 2 is 1.89 bits per heavy atom. The Bertz CT molecular complexity index is 1420. The van der Waals surface area contributed by atoms with Crippen molar-refractivity contribution in [2.75, 3.05) is 0 Å². The Kier molecular flexibility index (Phi) is 3.56. The third-order valence-electron chi connectivity index (χ3n) is 4.49. The molecule has 3 heterocycles. The van der Waals surface area contributed by atoms with Gasteiger partial charge in [-0.2, -0.15) is 0 Å². The van der Waals surface area contributed by atoms with E-state index in [9.17, 15) is 14.3 Å². The van der Waals surface area contributed by atoms with Crippen molar-refractivity contribution in [3.8, 4) is 22.8 Å². The van der Waals surface area contributed by atoms with Crippen LogP contribution in [0.15, 0.2) is 53.3 Å². The van der Waals surface area contributed by atoms with Crippen molar-refractivity contribution in [1.29, 1.82) is 0 Å². The van der Waals surface area contributed by atoms with Crippen molar-refractivity contribution < 1.29 is 9.50 Å². The fraction of sp³-hybridized carbons (Fsp3) is 0.0500. The zero-order chi connectivity index (χ0) is 19.4. The number of H-pyrrole nitrogens is 1. The van der Waals surface area contributed by atoms with Gasteiger partial charge in [-0.15, -0.1) is 0 Å². The summed E-state index contributed by atoms with van der Waals surface area (Å²) < 4.78 is 16.0. The van der Waals surface area contributed by atoms with Crippen molar-refractivity contribution in [3.63, 3.8) is 0 Å². The van der Waals surface area contributed by atoms with E-state index in [-0.39, 0.29) is 16.4 Å². The predicted molar refractivity (Wildman–Crippen MR) is 107 cm³/mol. The number of benzene rings is 2. The smallest absolute Gasteiger partial charge is 0.305 e. The molecule has 0 aliphatic heterocycles. The lowest BCUT2D eigenvalue weighted by molar-refractivity contribution is 0.479. The van der Waals surface area contributed by atoms with Gasteiger partial charge in [-0.25, -0.2) is 14.4 Å². The summed E-state index contributed by atoms with van der Waals surface area (Å²) in [6.07, 6.45) is 0. The van der Waals surface area contributed by atoms with Gasteiger partial charge in [-0.1, -0.05) is 11.3 Å². The zero-order valence-corrected chi connectivity index (χ0v) is 15.4. The number of nitrogens with one attached hydrogen (secondary N) is 1. The van der Waals surface area contributed by atoms with Gasteiger partial charge in [-0.3, -0.25) is 9.36 Å². The molecular formula is C20H13FN4O2S. The average Bonchev–Trinajstić information content (AvgIpc) is 3.21. The number of hydrogen-bond acceptors (Lipinski definition) is 5. The van der Waals surface area contributed by atoms with Crippen LogP contribution in [0.4, 0.5) is 4.39 Å². The number of aromatic amines is 1. The van der Waals surface area contributed by atoms with Crippen molar-refractivity contribution in [2.24, 2.45) is 0 Å². The normalized spacial score (nSPS) is 11.5. The first kappa shape index (κ1) is 16.6. The summed E-state index contributed by atoms with van der Waals surface area (Å²) in [5.41, 5.74) is 3.65. The van der Waals surface area contributed by atoms with E-state index in [2.05, 4.69) is 15.0 Å². The standard InChI is InChI=1S/C20H13FN4O2S/c1-10-8-15(26)17-19(22-10)25(18(24-17)11-2-4-12(21)5-3-11)13-6-7-14-16(9-13)28-20(27)23-14/h2-9H,1H3,(H,22,26)(H,23,27). The molecule has 0 amide bonds. The molecule has 2 N–H and O–H groups in total. The first-order chi connectivity index (χ1) is 13.5. The van der Waals surface area contributed by atoms with Crippen molar-refractivity contribution in [2.45, 2.75) is 6.92 Å². The summed E-state index contributed by atoms with van der Waals surface area (Å²) >= 11 is 1.11. The number of rotatable bonds is 2. The summed E-state index contributed by atoms with van der Waals surface area (Å²) in [5, 5.41) is 10.4. The van der Waals surface area contributed by atoms with E-state index in [0.717, 1.165) is 27.2 Å². The lowest BCUT2D eigenvalue weighted by atomic mass is 10.2. The lowest BCUT2D eigenvalue weighted by Gasteiger charge is -2.09. The van der Waals surface area contributed by atoms with Crippen molar-refractivity contribution >= 4 is 32.7 Å². The van der Waals surface area contributed by atoms with E-state index < -0.39 is 0 Å². The number of nitrogens with zero attached hydrogens (tertiary/aromatic N) is 3. The molecule has 6 nitrogen and oxygen atoms in total. The molecule has 0 saturated heterocycles. The first-order valence-electron chi connectivity index (χ1n) is 8.48. The van der Waals surface area contributed by atoms with E-state index >= 15 is 0 Å². The number of imidazole rings is 1. The van der Waals surface area contributed by atoms with Gasteiger partial charge in [-0.05, 0) is 49.4 Å². The molecule has 0 bridgehead atoms. The van der Waals surface area contributed by atoms with Gasteiger partial charge in [0.1, 0.15) is 17.4 Å². The maximum atomic E-state index is 13.4. The van der Waals surface area contributed by atoms with E-state index in [4.69, 9.17) is 0 Å². The average molecular weight is 392 g/mol. The van der Waals surface area contributed by atoms with E-state index in [1.165, 1.54) is 12.1 Å². The van der Waals surface area contributed by atoms with E-state index in [1.807, 2.05) is 18.2 Å². The number of fused-ring (bicyclic) bond motifs is 2. The fourth-order valence-corrected chi connectivity index (χ4v) is 4.03. The minimum absolute atomic E-state index is 0.0250. The van der Waals surface area contributed by atoms with Crippen LogP contribution in [-0.4, -0.2) is 24.6 Å². The van der Waals surface area contributed by atoms with Crippen LogP contribution < -0.4 is 4.87 Å². The lowest BCUT2D eigenvalue weighted by Crippen LogP contribution is -1.99. The number of pyridine rings is 1. The summed E-state index contributed by atoms with van der Waals surface area (Å²) in [6.45, 7) is 1.79. The SMILES string of the molecule is Cc1cc(O)c2nc(-c3ccc(F)cc3)n(-c3ccc4[nH]c(=O)sc4c3)c2n1. The third-order valence-corrected chi connectivity index (χ3v) is 5.33. The van der Waals surface area contributed by atoms with Crippen LogP contribution >= 0.6 is 11.3 Å². The number of halogens is 1. The second-order valence-electron chi connectivity index (χ2n) is 6.43. The van der Waals surface area contributed by atoms with Crippen molar-refractivity contribution in [1.82, 2.24) is 19.5 Å². The van der Waals surface area contributed by atoms with Gasteiger partial charge in [0.15, 0.2) is 11.2 Å². The molecule has 0 fully saturated rings. The molecule has 8 heteroatoms. The molecule has 0 unspecified atom stereocenters. The molecule has 5 rings (SSSR count). The third kappa shape index (κ3) is 2.57.